The minimum atomic E-state index is 0.162. The maximum Gasteiger partial charge on any atom is 0.227 e. The van der Waals surface area contributed by atoms with Gasteiger partial charge in [0.05, 0.1) is 66.4 Å². The monoisotopic (exact) mass is 782 g/mol. The van der Waals surface area contributed by atoms with Gasteiger partial charge in [-0.3, -0.25) is 9.36 Å². The van der Waals surface area contributed by atoms with Crippen LogP contribution < -0.4 is 10.6 Å². The first-order valence-electron chi connectivity index (χ1n) is 20.1. The number of rotatable bonds is 11. The molecule has 0 amide bonds. The van der Waals surface area contributed by atoms with Gasteiger partial charge >= 0.3 is 0 Å². The zero-order valence-corrected chi connectivity index (χ0v) is 33.1. The van der Waals surface area contributed by atoms with Crippen LogP contribution in [0.15, 0.2) is 49.6 Å². The van der Waals surface area contributed by atoms with E-state index in [-0.39, 0.29) is 12.0 Å². The second kappa shape index (κ2) is 15.0. The van der Waals surface area contributed by atoms with E-state index in [4.69, 9.17) is 34.6 Å². The zero-order valence-electron chi connectivity index (χ0n) is 33.1. The maximum absolute atomic E-state index is 6.55. The molecule has 8 aromatic heterocycles. The Hall–Kier alpha value is -6.14. The summed E-state index contributed by atoms with van der Waals surface area (Å²) in [5.74, 6) is 1.67. The van der Waals surface area contributed by atoms with Crippen LogP contribution in [-0.4, -0.2) is 94.6 Å². The molecule has 0 atom stereocenters. The molecule has 2 aliphatic rings. The molecule has 0 aromatic carbocycles. The number of hydrogen-bond acceptors (Lipinski definition) is 14. The smallest absolute Gasteiger partial charge is 0.227 e. The highest BCUT2D eigenvalue weighted by Gasteiger charge is 2.29. The van der Waals surface area contributed by atoms with Crippen molar-refractivity contribution in [2.75, 3.05) is 24.4 Å². The fourth-order valence-corrected chi connectivity index (χ4v) is 8.76. The summed E-state index contributed by atoms with van der Waals surface area (Å²) in [6, 6.07) is 4.04. The van der Waals surface area contributed by atoms with E-state index in [2.05, 4.69) is 41.8 Å². The molecule has 58 heavy (non-hydrogen) atoms. The van der Waals surface area contributed by atoms with Gasteiger partial charge in [-0.05, 0) is 88.0 Å². The fourth-order valence-electron chi connectivity index (χ4n) is 8.76. The van der Waals surface area contributed by atoms with Crippen LogP contribution in [0.25, 0.3) is 33.4 Å². The van der Waals surface area contributed by atoms with E-state index < -0.39 is 0 Å². The van der Waals surface area contributed by atoms with Gasteiger partial charge in [0.15, 0.2) is 11.3 Å². The van der Waals surface area contributed by atoms with E-state index in [1.165, 1.54) is 0 Å². The van der Waals surface area contributed by atoms with Crippen molar-refractivity contribution in [3.8, 4) is 0 Å². The standard InChI is InChI=1S/C40H46N16O2/c1-23-15-33-43-21-45-55(33)19-29(23)47-39-41-17-31-37(49-39)36(52-53(31)2)25-7-11-28(12-8-25)58-14-13-26-16-34-44-22-46-56(34)20-30(26)48-40-42-18-32-38(50-40)35(51-54(32)3)24-5-9-27(57-4)10-6-24/h15-22,24-25,27-28H,5-14H2,1-4H3,(H,41,47,49)(H,42,48,50)/t24-,25-,27-,28+. The molecule has 8 aromatic rings. The van der Waals surface area contributed by atoms with Gasteiger partial charge in [-0.1, -0.05) is 0 Å². The van der Waals surface area contributed by atoms with Gasteiger partial charge in [-0.25, -0.2) is 38.9 Å². The number of aromatic nitrogens is 14. The minimum Gasteiger partial charge on any atom is -0.381 e. The Kier molecular flexibility index (Phi) is 9.36. The molecule has 2 saturated carbocycles. The molecule has 2 N–H and O–H groups in total. The van der Waals surface area contributed by atoms with Crippen LogP contribution in [0.3, 0.4) is 0 Å². The molecule has 0 bridgehead atoms. The van der Waals surface area contributed by atoms with E-state index in [1.807, 2.05) is 61.2 Å². The second-order valence-electron chi connectivity index (χ2n) is 15.6. The Morgan fingerprint density at radius 3 is 1.79 bits per heavy atom. The number of hydrogen-bond donors (Lipinski definition) is 2. The molecule has 0 spiro atoms. The van der Waals surface area contributed by atoms with Crippen LogP contribution >= 0.6 is 0 Å². The summed E-state index contributed by atoms with van der Waals surface area (Å²) in [7, 11) is 5.71. The van der Waals surface area contributed by atoms with E-state index in [0.29, 0.717) is 36.9 Å². The molecule has 0 radical (unpaired) electrons. The highest BCUT2D eigenvalue weighted by Crippen LogP contribution is 2.38. The molecule has 298 valence electrons. The van der Waals surface area contributed by atoms with Crippen molar-refractivity contribution in [1.29, 1.82) is 0 Å². The first kappa shape index (κ1) is 36.2. The molecular weight excluding hydrogens is 737 g/mol. The molecule has 8 heterocycles. The van der Waals surface area contributed by atoms with E-state index in [9.17, 15) is 0 Å². The second-order valence-corrected chi connectivity index (χ2v) is 15.6. The van der Waals surface area contributed by atoms with Crippen LogP contribution in [-0.2, 0) is 30.0 Å². The lowest BCUT2D eigenvalue weighted by molar-refractivity contribution is 0.0263. The Labute approximate surface area is 333 Å². The van der Waals surface area contributed by atoms with E-state index in [1.54, 1.807) is 28.8 Å². The lowest BCUT2D eigenvalue weighted by atomic mass is 9.85. The van der Waals surface area contributed by atoms with Crippen molar-refractivity contribution in [1.82, 2.24) is 68.7 Å². The molecule has 0 saturated heterocycles. The van der Waals surface area contributed by atoms with E-state index >= 15 is 0 Å². The Bertz CT molecular complexity index is 2750. The van der Waals surface area contributed by atoms with Crippen LogP contribution in [0.2, 0.25) is 0 Å². The number of fused-ring (bicyclic) bond motifs is 4. The van der Waals surface area contributed by atoms with Crippen molar-refractivity contribution < 1.29 is 9.47 Å². The normalized spacial score (nSPS) is 20.1. The molecular formula is C40H46N16O2. The third-order valence-electron chi connectivity index (χ3n) is 12.0. The number of aryl methyl sites for hydroxylation is 3. The van der Waals surface area contributed by atoms with Crippen LogP contribution in [0.4, 0.5) is 23.3 Å². The lowest BCUT2D eigenvalue weighted by Crippen LogP contribution is -2.22. The van der Waals surface area contributed by atoms with Crippen LogP contribution in [0, 0.1) is 6.92 Å². The van der Waals surface area contributed by atoms with Crippen molar-refractivity contribution in [3.63, 3.8) is 0 Å². The predicted octanol–water partition coefficient (Wildman–Crippen LogP) is 5.88. The van der Waals surface area contributed by atoms with Gasteiger partial charge in [-0.2, -0.15) is 20.4 Å². The average Bonchev–Trinajstić information content (AvgIpc) is 4.04. The summed E-state index contributed by atoms with van der Waals surface area (Å²) in [6.45, 7) is 2.60. The molecule has 18 nitrogen and oxygen atoms in total. The summed E-state index contributed by atoms with van der Waals surface area (Å²) in [5.41, 5.74) is 11.0. The number of anilines is 4. The molecule has 2 fully saturated rings. The van der Waals surface area contributed by atoms with Crippen molar-refractivity contribution in [3.05, 3.63) is 72.1 Å². The van der Waals surface area contributed by atoms with Crippen LogP contribution in [0.1, 0.15) is 85.7 Å². The molecule has 2 aliphatic carbocycles. The van der Waals surface area contributed by atoms with Gasteiger partial charge in [0.25, 0.3) is 0 Å². The number of pyridine rings is 2. The number of nitrogens with one attached hydrogen (secondary N) is 2. The number of nitrogens with zero attached hydrogens (tertiary/aromatic N) is 14. The Morgan fingerprint density at radius 1 is 0.672 bits per heavy atom. The molecule has 0 unspecified atom stereocenters. The van der Waals surface area contributed by atoms with Crippen molar-refractivity contribution in [2.24, 2.45) is 14.1 Å². The Balaban J connectivity index is 0.803. The topological polar surface area (TPSA) is 190 Å². The summed E-state index contributed by atoms with van der Waals surface area (Å²) in [4.78, 5) is 28.0. The summed E-state index contributed by atoms with van der Waals surface area (Å²) in [6.07, 6.45) is 19.8. The highest BCUT2D eigenvalue weighted by molar-refractivity contribution is 5.80. The summed E-state index contributed by atoms with van der Waals surface area (Å²) in [5, 5.41) is 25.4. The first-order valence-corrected chi connectivity index (χ1v) is 20.1. The third-order valence-corrected chi connectivity index (χ3v) is 12.0. The molecule has 0 aliphatic heterocycles. The van der Waals surface area contributed by atoms with Gasteiger partial charge < -0.3 is 20.1 Å². The van der Waals surface area contributed by atoms with Gasteiger partial charge in [0.1, 0.15) is 34.7 Å². The quantitative estimate of drug-likeness (QED) is 0.158. The predicted molar refractivity (Wildman–Crippen MR) is 217 cm³/mol. The third kappa shape index (κ3) is 6.85. The van der Waals surface area contributed by atoms with Crippen LogP contribution in [0.5, 0.6) is 0 Å². The summed E-state index contributed by atoms with van der Waals surface area (Å²) < 4.78 is 19.4. The average molecular weight is 783 g/mol. The number of ether oxygens (including phenoxy) is 2. The zero-order chi connectivity index (χ0) is 39.3. The summed E-state index contributed by atoms with van der Waals surface area (Å²) >= 11 is 0. The number of methoxy groups -OCH3 is 1. The van der Waals surface area contributed by atoms with Gasteiger partial charge in [-0.15, -0.1) is 0 Å². The van der Waals surface area contributed by atoms with Crippen molar-refractivity contribution >= 4 is 56.6 Å². The fraction of sp³-hybridized carbons (Fsp3) is 0.450. The highest BCUT2D eigenvalue weighted by atomic mass is 16.5. The first-order chi connectivity index (χ1) is 28.4. The van der Waals surface area contributed by atoms with Crippen molar-refractivity contribution in [2.45, 2.75) is 88.8 Å². The molecule has 18 heteroatoms. The lowest BCUT2D eigenvalue weighted by Gasteiger charge is -2.27. The van der Waals surface area contributed by atoms with E-state index in [0.717, 1.165) is 119 Å². The van der Waals surface area contributed by atoms with Gasteiger partial charge in [0, 0.05) is 33.0 Å². The minimum absolute atomic E-state index is 0.162. The van der Waals surface area contributed by atoms with Gasteiger partial charge in [0.2, 0.25) is 11.9 Å². The SMILES string of the molecule is CO[C@H]1CC[C@H](c2nn(C)c3cnc(Nc4cn5ncnc5cc4CCO[C@H]4CC[C@@H](c5nn(C)c6cnc(Nc7cn8ncnc8cc7C)nc65)CC4)nc32)CC1. The molecule has 10 rings (SSSR count). The largest absolute Gasteiger partial charge is 0.381 e. The Morgan fingerprint density at radius 2 is 1.21 bits per heavy atom. The maximum atomic E-state index is 6.55.